The van der Waals surface area contributed by atoms with E-state index in [0.29, 0.717) is 31.5 Å². The third-order valence-electron chi connectivity index (χ3n) is 7.26. The summed E-state index contributed by atoms with van der Waals surface area (Å²) in [6.07, 6.45) is 11.0. The number of allylic oxidation sites excluding steroid dienone is 3. The number of amides is 1. The van der Waals surface area contributed by atoms with E-state index in [4.69, 9.17) is 0 Å². The van der Waals surface area contributed by atoms with E-state index in [9.17, 15) is 9.18 Å². The molecule has 0 radical (unpaired) electrons. The number of carbonyl (C=O) groups is 1. The van der Waals surface area contributed by atoms with E-state index < -0.39 is 0 Å². The zero-order valence-electron chi connectivity index (χ0n) is 22.4. The molecule has 34 heavy (non-hydrogen) atoms. The van der Waals surface area contributed by atoms with Gasteiger partial charge in [0.1, 0.15) is 0 Å². The molecule has 3 nitrogen and oxygen atoms in total. The van der Waals surface area contributed by atoms with Crippen molar-refractivity contribution in [1.82, 2.24) is 9.80 Å². The first-order chi connectivity index (χ1) is 16.7. The zero-order chi connectivity index (χ0) is 25.1. The Balaban J connectivity index is 0.000000633. The van der Waals surface area contributed by atoms with E-state index in [1.807, 2.05) is 27.7 Å². The molecule has 4 heteroatoms. The van der Waals surface area contributed by atoms with Crippen LogP contribution in [0.5, 0.6) is 0 Å². The Kier molecular flexibility index (Phi) is 12.0. The first kappa shape index (κ1) is 28.3. The summed E-state index contributed by atoms with van der Waals surface area (Å²) in [4.78, 5) is 18.0. The molecule has 0 spiro atoms. The fraction of sp³-hybridized carbons (Fsp3) is 0.633. The highest BCUT2D eigenvalue weighted by molar-refractivity contribution is 5.80. The topological polar surface area (TPSA) is 23.6 Å². The first-order valence-electron chi connectivity index (χ1n) is 13.6. The minimum atomic E-state index is 0.353. The Morgan fingerprint density at radius 2 is 1.79 bits per heavy atom. The lowest BCUT2D eigenvalue weighted by molar-refractivity contribution is -0.134. The average molecular weight is 471 g/mol. The van der Waals surface area contributed by atoms with Crippen LogP contribution in [0.2, 0.25) is 0 Å². The standard InChI is InChI=1S/C25H32N2O.2C2H6.CH3F/c1-2-6-25(28)27-23-12-14-26(13-11-18-7-4-3-5-8-18)17-20(23)16-22-21-15-19(21)9-10-24(22)27;3*1-2/h3-5,7-10,19-21,23H,2,6,11-17H2,1H3;2*1-2H3;1H3. The van der Waals surface area contributed by atoms with E-state index in [0.717, 1.165) is 50.7 Å². The fourth-order valence-electron chi connectivity index (χ4n) is 5.72. The third kappa shape index (κ3) is 6.59. The lowest BCUT2D eigenvalue weighted by Gasteiger charge is -2.49. The first-order valence-corrected chi connectivity index (χ1v) is 13.6. The minimum Gasteiger partial charge on any atom is -0.309 e. The van der Waals surface area contributed by atoms with Crippen molar-refractivity contribution in [3.05, 3.63) is 59.3 Å². The number of hydrogen-bond acceptors (Lipinski definition) is 2. The highest BCUT2D eigenvalue weighted by Gasteiger charge is 2.49. The minimum absolute atomic E-state index is 0.353. The van der Waals surface area contributed by atoms with Gasteiger partial charge in [0.25, 0.3) is 0 Å². The maximum Gasteiger partial charge on any atom is 0.227 e. The van der Waals surface area contributed by atoms with Gasteiger partial charge in [-0.1, -0.05) is 71.0 Å². The van der Waals surface area contributed by atoms with Crippen LogP contribution in [-0.4, -0.2) is 48.6 Å². The van der Waals surface area contributed by atoms with Crippen molar-refractivity contribution < 1.29 is 9.18 Å². The van der Waals surface area contributed by atoms with Gasteiger partial charge in [-0.2, -0.15) is 0 Å². The van der Waals surface area contributed by atoms with E-state index in [1.165, 1.54) is 24.1 Å². The SMILES string of the molecule is CC.CC.CCCC(=O)N1C2=C(CC3CN(CCc4ccccc4)CCC31)C1CC1C=C2.CF. The van der Waals surface area contributed by atoms with Gasteiger partial charge in [-0.05, 0) is 67.1 Å². The van der Waals surface area contributed by atoms with Crippen LogP contribution in [0.4, 0.5) is 4.39 Å². The molecule has 5 rings (SSSR count). The third-order valence-corrected chi connectivity index (χ3v) is 7.26. The molecule has 2 aliphatic carbocycles. The van der Waals surface area contributed by atoms with Crippen molar-refractivity contribution in [3.8, 4) is 0 Å². The summed E-state index contributed by atoms with van der Waals surface area (Å²) in [5, 5.41) is 0. The lowest BCUT2D eigenvalue weighted by atomic mass is 9.78. The number of halogens is 1. The number of piperidine rings is 1. The largest absolute Gasteiger partial charge is 0.309 e. The number of nitrogens with zero attached hydrogens (tertiary/aromatic N) is 2. The molecule has 1 amide bonds. The van der Waals surface area contributed by atoms with E-state index >= 15 is 0 Å². The molecule has 1 aromatic rings. The van der Waals surface area contributed by atoms with E-state index in [2.05, 4.69) is 59.2 Å². The van der Waals surface area contributed by atoms with Crippen LogP contribution in [0.1, 0.15) is 72.3 Å². The Morgan fingerprint density at radius 3 is 2.47 bits per heavy atom. The normalized spacial score (nSPS) is 26.3. The van der Waals surface area contributed by atoms with Gasteiger partial charge in [-0.15, -0.1) is 0 Å². The Bertz CT molecular complexity index is 803. The Hall–Kier alpha value is -1.94. The molecule has 0 bridgehead atoms. The average Bonchev–Trinajstić information content (AvgIpc) is 3.71. The number of carbonyl (C=O) groups excluding carboxylic acids is 1. The molecule has 190 valence electrons. The maximum atomic E-state index is 13.1. The predicted molar refractivity (Wildman–Crippen MR) is 142 cm³/mol. The van der Waals surface area contributed by atoms with Crippen molar-refractivity contribution in [2.75, 3.05) is 26.8 Å². The van der Waals surface area contributed by atoms with Crippen LogP contribution in [-0.2, 0) is 11.2 Å². The smallest absolute Gasteiger partial charge is 0.227 e. The van der Waals surface area contributed by atoms with Crippen molar-refractivity contribution in [2.45, 2.75) is 79.2 Å². The van der Waals surface area contributed by atoms with Crippen LogP contribution < -0.4 is 0 Å². The Morgan fingerprint density at radius 1 is 1.09 bits per heavy atom. The molecule has 1 saturated heterocycles. The molecule has 1 aromatic carbocycles. The molecule has 0 aromatic heterocycles. The van der Waals surface area contributed by atoms with Crippen LogP contribution >= 0.6 is 0 Å². The van der Waals surface area contributed by atoms with E-state index in [-0.39, 0.29) is 0 Å². The second kappa shape index (κ2) is 14.5. The summed E-state index contributed by atoms with van der Waals surface area (Å²) >= 11 is 0. The molecule has 2 heterocycles. The number of benzene rings is 1. The quantitative estimate of drug-likeness (QED) is 0.460. The second-order valence-corrected chi connectivity index (χ2v) is 9.15. The van der Waals surface area contributed by atoms with Gasteiger partial charge >= 0.3 is 0 Å². The van der Waals surface area contributed by atoms with Crippen molar-refractivity contribution in [3.63, 3.8) is 0 Å². The zero-order valence-corrected chi connectivity index (χ0v) is 22.4. The van der Waals surface area contributed by atoms with Crippen LogP contribution in [0.3, 0.4) is 0 Å². The predicted octanol–water partition coefficient (Wildman–Crippen LogP) is 7.05. The highest BCUT2D eigenvalue weighted by atomic mass is 19.1. The molecular weight excluding hydrogens is 423 g/mol. The molecule has 2 fully saturated rings. The molecule has 4 unspecified atom stereocenters. The molecule has 4 atom stereocenters. The van der Waals surface area contributed by atoms with Gasteiger partial charge in [-0.3, -0.25) is 9.18 Å². The number of fused-ring (bicyclic) bond motifs is 3. The molecule has 0 N–H and O–H groups in total. The van der Waals surface area contributed by atoms with Crippen molar-refractivity contribution in [1.29, 1.82) is 0 Å². The van der Waals surface area contributed by atoms with Crippen molar-refractivity contribution >= 4 is 5.91 Å². The summed E-state index contributed by atoms with van der Waals surface area (Å²) in [6.45, 7) is 13.5. The van der Waals surface area contributed by atoms with E-state index in [1.54, 1.807) is 5.57 Å². The lowest BCUT2D eigenvalue weighted by Crippen LogP contribution is -2.55. The second-order valence-electron chi connectivity index (χ2n) is 9.15. The fourth-order valence-corrected chi connectivity index (χ4v) is 5.72. The Labute approximate surface area is 208 Å². The molecular formula is C30H47FN2O. The number of hydrogen-bond donors (Lipinski definition) is 0. The van der Waals surface area contributed by atoms with Gasteiger partial charge in [0.05, 0.1) is 7.18 Å². The maximum absolute atomic E-state index is 13.1. The van der Waals surface area contributed by atoms with Gasteiger partial charge in [0.15, 0.2) is 0 Å². The molecule has 1 saturated carbocycles. The van der Waals surface area contributed by atoms with Gasteiger partial charge in [-0.25, -0.2) is 0 Å². The van der Waals surface area contributed by atoms with Gasteiger partial charge < -0.3 is 9.80 Å². The van der Waals surface area contributed by atoms with Gasteiger partial charge in [0, 0.05) is 37.8 Å². The van der Waals surface area contributed by atoms with Crippen molar-refractivity contribution in [2.24, 2.45) is 17.8 Å². The summed E-state index contributed by atoms with van der Waals surface area (Å²) in [6, 6.07) is 11.2. The van der Waals surface area contributed by atoms with Crippen LogP contribution in [0, 0.1) is 17.8 Å². The molecule has 4 aliphatic rings. The number of alkyl halides is 1. The van der Waals surface area contributed by atoms with Crippen LogP contribution in [0.15, 0.2) is 53.8 Å². The summed E-state index contributed by atoms with van der Waals surface area (Å²) < 4.78 is 9.50. The summed E-state index contributed by atoms with van der Waals surface area (Å²) in [7, 11) is 0.500. The number of likely N-dealkylation sites (tertiary alicyclic amines) is 1. The van der Waals surface area contributed by atoms with Gasteiger partial charge in [0.2, 0.25) is 5.91 Å². The monoisotopic (exact) mass is 470 g/mol. The highest BCUT2D eigenvalue weighted by Crippen LogP contribution is 2.54. The molecule has 2 aliphatic heterocycles. The summed E-state index contributed by atoms with van der Waals surface area (Å²) in [5.41, 5.74) is 4.32. The summed E-state index contributed by atoms with van der Waals surface area (Å²) in [5.74, 6) is 2.46. The number of rotatable bonds is 5. The van der Waals surface area contributed by atoms with Crippen LogP contribution in [0.25, 0.3) is 0 Å².